The molecule has 0 bridgehead atoms. The highest BCUT2D eigenvalue weighted by atomic mass is 15.2. The molecule has 14 heavy (non-hydrogen) atoms. The molecule has 1 saturated heterocycles. The van der Waals surface area contributed by atoms with Gasteiger partial charge in [-0.3, -0.25) is 4.90 Å². The first-order valence-electron chi connectivity index (χ1n) is 6.23. The second-order valence-corrected chi connectivity index (χ2v) is 5.19. The number of hydrogen-bond donors (Lipinski definition) is 1. The maximum atomic E-state index is 6.20. The van der Waals surface area contributed by atoms with Crippen molar-refractivity contribution in [3.8, 4) is 0 Å². The van der Waals surface area contributed by atoms with E-state index < -0.39 is 0 Å². The summed E-state index contributed by atoms with van der Waals surface area (Å²) in [4.78, 5) is 2.66. The van der Waals surface area contributed by atoms with Crippen molar-refractivity contribution < 1.29 is 0 Å². The molecule has 0 aromatic heterocycles. The zero-order chi connectivity index (χ0) is 10.1. The SMILES string of the molecule is CCC1CCC(C)N1CC(N)C1CC1. The van der Waals surface area contributed by atoms with Gasteiger partial charge in [0.25, 0.3) is 0 Å². The van der Waals surface area contributed by atoms with Crippen LogP contribution in [0.25, 0.3) is 0 Å². The molecule has 2 aliphatic rings. The number of hydrogen-bond acceptors (Lipinski definition) is 2. The maximum Gasteiger partial charge on any atom is 0.0196 e. The monoisotopic (exact) mass is 196 g/mol. The van der Waals surface area contributed by atoms with Crippen molar-refractivity contribution in [3.63, 3.8) is 0 Å². The molecule has 1 heterocycles. The van der Waals surface area contributed by atoms with Gasteiger partial charge in [-0.1, -0.05) is 6.92 Å². The minimum Gasteiger partial charge on any atom is -0.326 e. The predicted octanol–water partition coefficient (Wildman–Crippen LogP) is 1.99. The second kappa shape index (κ2) is 4.19. The first-order chi connectivity index (χ1) is 6.72. The Morgan fingerprint density at radius 1 is 1.29 bits per heavy atom. The molecule has 3 atom stereocenters. The van der Waals surface area contributed by atoms with Crippen LogP contribution in [-0.2, 0) is 0 Å². The molecule has 2 rings (SSSR count). The standard InChI is InChI=1S/C12H24N2/c1-3-11-7-4-9(2)14(11)8-12(13)10-5-6-10/h9-12H,3-8,13H2,1-2H3. The van der Waals surface area contributed by atoms with Crippen LogP contribution in [0, 0.1) is 5.92 Å². The first-order valence-corrected chi connectivity index (χ1v) is 6.23. The van der Waals surface area contributed by atoms with Gasteiger partial charge in [-0.2, -0.15) is 0 Å². The molecule has 2 heteroatoms. The molecule has 0 aromatic carbocycles. The topological polar surface area (TPSA) is 29.3 Å². The Labute approximate surface area is 87.8 Å². The van der Waals surface area contributed by atoms with Gasteiger partial charge in [0.05, 0.1) is 0 Å². The fourth-order valence-electron chi connectivity index (χ4n) is 2.81. The Bertz CT molecular complexity index is 189. The predicted molar refractivity (Wildman–Crippen MR) is 60.2 cm³/mol. The van der Waals surface area contributed by atoms with Crippen molar-refractivity contribution in [2.75, 3.05) is 6.54 Å². The summed E-state index contributed by atoms with van der Waals surface area (Å²) in [6, 6.07) is 2.03. The summed E-state index contributed by atoms with van der Waals surface area (Å²) in [7, 11) is 0. The first kappa shape index (κ1) is 10.4. The molecule has 1 saturated carbocycles. The van der Waals surface area contributed by atoms with Crippen LogP contribution in [-0.4, -0.2) is 29.6 Å². The Hall–Kier alpha value is -0.0800. The Morgan fingerprint density at radius 2 is 2.00 bits per heavy atom. The van der Waals surface area contributed by atoms with Crippen LogP contribution >= 0.6 is 0 Å². The van der Waals surface area contributed by atoms with Crippen LogP contribution < -0.4 is 5.73 Å². The van der Waals surface area contributed by atoms with E-state index in [1.165, 1.54) is 32.1 Å². The Balaban J connectivity index is 1.86. The van der Waals surface area contributed by atoms with Gasteiger partial charge in [0.1, 0.15) is 0 Å². The molecular formula is C12H24N2. The lowest BCUT2D eigenvalue weighted by atomic mass is 10.1. The minimum absolute atomic E-state index is 0.449. The van der Waals surface area contributed by atoms with Crippen molar-refractivity contribution >= 4 is 0 Å². The smallest absolute Gasteiger partial charge is 0.0196 e. The van der Waals surface area contributed by atoms with Gasteiger partial charge in [-0.15, -0.1) is 0 Å². The van der Waals surface area contributed by atoms with E-state index in [2.05, 4.69) is 18.7 Å². The van der Waals surface area contributed by atoms with E-state index in [0.29, 0.717) is 6.04 Å². The lowest BCUT2D eigenvalue weighted by Crippen LogP contribution is -2.44. The van der Waals surface area contributed by atoms with Crippen molar-refractivity contribution in [2.24, 2.45) is 11.7 Å². The molecule has 1 aliphatic carbocycles. The highest BCUT2D eigenvalue weighted by Crippen LogP contribution is 2.34. The molecule has 3 unspecified atom stereocenters. The van der Waals surface area contributed by atoms with Crippen molar-refractivity contribution in [1.29, 1.82) is 0 Å². The van der Waals surface area contributed by atoms with E-state index in [1.54, 1.807) is 0 Å². The lowest BCUT2D eigenvalue weighted by molar-refractivity contribution is 0.181. The molecule has 0 aromatic rings. The van der Waals surface area contributed by atoms with E-state index in [1.807, 2.05) is 0 Å². The van der Waals surface area contributed by atoms with Gasteiger partial charge in [0.2, 0.25) is 0 Å². The lowest BCUT2D eigenvalue weighted by Gasteiger charge is -2.30. The molecular weight excluding hydrogens is 172 g/mol. The fourth-order valence-corrected chi connectivity index (χ4v) is 2.81. The van der Waals surface area contributed by atoms with Gasteiger partial charge in [-0.25, -0.2) is 0 Å². The van der Waals surface area contributed by atoms with Crippen LogP contribution in [0.4, 0.5) is 0 Å². The van der Waals surface area contributed by atoms with Crippen LogP contribution in [0.5, 0.6) is 0 Å². The third-order valence-corrected chi connectivity index (χ3v) is 4.07. The molecule has 0 spiro atoms. The third-order valence-electron chi connectivity index (χ3n) is 4.07. The summed E-state index contributed by atoms with van der Waals surface area (Å²) in [6.07, 6.45) is 6.80. The highest BCUT2D eigenvalue weighted by molar-refractivity contribution is 4.91. The summed E-state index contributed by atoms with van der Waals surface area (Å²) in [5.74, 6) is 0.848. The zero-order valence-corrected chi connectivity index (χ0v) is 9.58. The molecule has 2 nitrogen and oxygen atoms in total. The van der Waals surface area contributed by atoms with Gasteiger partial charge in [0.15, 0.2) is 0 Å². The van der Waals surface area contributed by atoms with E-state index in [-0.39, 0.29) is 0 Å². The highest BCUT2D eigenvalue weighted by Gasteiger charge is 2.35. The number of nitrogens with two attached hydrogens (primary N) is 1. The summed E-state index contributed by atoms with van der Waals surface area (Å²) in [6.45, 7) is 5.80. The number of nitrogens with zero attached hydrogens (tertiary/aromatic N) is 1. The van der Waals surface area contributed by atoms with Crippen molar-refractivity contribution in [2.45, 2.75) is 64.1 Å². The summed E-state index contributed by atoms with van der Waals surface area (Å²) in [5, 5.41) is 0. The van der Waals surface area contributed by atoms with Gasteiger partial charge in [0, 0.05) is 24.7 Å². The van der Waals surface area contributed by atoms with Crippen molar-refractivity contribution in [1.82, 2.24) is 4.90 Å². The van der Waals surface area contributed by atoms with Crippen LogP contribution in [0.2, 0.25) is 0 Å². The molecule has 1 aliphatic heterocycles. The van der Waals surface area contributed by atoms with Crippen molar-refractivity contribution in [3.05, 3.63) is 0 Å². The second-order valence-electron chi connectivity index (χ2n) is 5.19. The maximum absolute atomic E-state index is 6.20. The van der Waals surface area contributed by atoms with E-state index in [0.717, 1.165) is 24.5 Å². The summed E-state index contributed by atoms with van der Waals surface area (Å²) < 4.78 is 0. The molecule has 0 amide bonds. The quantitative estimate of drug-likeness (QED) is 0.745. The van der Waals surface area contributed by atoms with E-state index in [4.69, 9.17) is 5.73 Å². The third kappa shape index (κ3) is 2.12. The van der Waals surface area contributed by atoms with Gasteiger partial charge in [-0.05, 0) is 44.9 Å². The fraction of sp³-hybridized carbons (Fsp3) is 1.00. The minimum atomic E-state index is 0.449. The average molecular weight is 196 g/mol. The zero-order valence-electron chi connectivity index (χ0n) is 9.58. The summed E-state index contributed by atoms with van der Waals surface area (Å²) >= 11 is 0. The Morgan fingerprint density at radius 3 is 2.57 bits per heavy atom. The number of likely N-dealkylation sites (tertiary alicyclic amines) is 1. The van der Waals surface area contributed by atoms with Crippen LogP contribution in [0.1, 0.15) is 46.0 Å². The number of rotatable bonds is 4. The largest absolute Gasteiger partial charge is 0.326 e. The van der Waals surface area contributed by atoms with Gasteiger partial charge >= 0.3 is 0 Å². The average Bonchev–Trinajstić information content (AvgIpc) is 2.95. The molecule has 82 valence electrons. The molecule has 2 N–H and O–H groups in total. The van der Waals surface area contributed by atoms with Gasteiger partial charge < -0.3 is 5.73 Å². The van der Waals surface area contributed by atoms with E-state index >= 15 is 0 Å². The Kier molecular flexibility index (Phi) is 3.13. The normalized spacial score (nSPS) is 36.2. The molecule has 2 fully saturated rings. The summed E-state index contributed by atoms with van der Waals surface area (Å²) in [5.41, 5.74) is 6.20. The van der Waals surface area contributed by atoms with E-state index in [9.17, 15) is 0 Å². The van der Waals surface area contributed by atoms with Crippen LogP contribution in [0.15, 0.2) is 0 Å². The molecule has 0 radical (unpaired) electrons. The van der Waals surface area contributed by atoms with Crippen LogP contribution in [0.3, 0.4) is 0 Å².